The Labute approximate surface area is 96.5 Å². The zero-order valence-electron chi connectivity index (χ0n) is 9.52. The molecule has 2 unspecified atom stereocenters. The Kier molecular flexibility index (Phi) is 2.21. The highest BCUT2D eigenvalue weighted by Crippen LogP contribution is 2.57. The molecule has 0 aromatic heterocycles. The van der Waals surface area contributed by atoms with Gasteiger partial charge >= 0.3 is 0 Å². The summed E-state index contributed by atoms with van der Waals surface area (Å²) in [7, 11) is 0. The fraction of sp³-hybridized carbons (Fsp3) is 0.571. The average Bonchev–Trinajstić information content (AvgIpc) is 2.76. The summed E-state index contributed by atoms with van der Waals surface area (Å²) in [6.45, 7) is 0. The topological polar surface area (TPSA) is 46.2 Å². The summed E-state index contributed by atoms with van der Waals surface area (Å²) in [5.74, 6) is 1.54. The van der Waals surface area contributed by atoms with Crippen LogP contribution in [-0.2, 0) is 0 Å². The van der Waals surface area contributed by atoms with Gasteiger partial charge in [-0.05, 0) is 42.9 Å². The normalized spacial score (nSPS) is 34.2. The van der Waals surface area contributed by atoms with Crippen LogP contribution in [0.3, 0.4) is 0 Å². The highest BCUT2D eigenvalue weighted by molar-refractivity contribution is 5.38. The number of aromatic hydroxyl groups is 1. The Balaban J connectivity index is 1.79. The van der Waals surface area contributed by atoms with Crippen LogP contribution < -0.4 is 5.73 Å². The highest BCUT2D eigenvalue weighted by atomic mass is 16.3. The van der Waals surface area contributed by atoms with Crippen molar-refractivity contribution in [2.24, 2.45) is 11.7 Å². The van der Waals surface area contributed by atoms with E-state index in [1.807, 2.05) is 12.1 Å². The van der Waals surface area contributed by atoms with Gasteiger partial charge in [-0.2, -0.15) is 0 Å². The van der Waals surface area contributed by atoms with Crippen molar-refractivity contribution < 1.29 is 5.11 Å². The van der Waals surface area contributed by atoms with Crippen LogP contribution in [0.5, 0.6) is 5.75 Å². The summed E-state index contributed by atoms with van der Waals surface area (Å²) in [5, 5.41) is 9.48. The van der Waals surface area contributed by atoms with E-state index in [0.29, 0.717) is 17.6 Å². The van der Waals surface area contributed by atoms with Gasteiger partial charge in [0, 0.05) is 11.5 Å². The van der Waals surface area contributed by atoms with Crippen LogP contribution >= 0.6 is 0 Å². The summed E-state index contributed by atoms with van der Waals surface area (Å²) in [4.78, 5) is 0. The zero-order valence-corrected chi connectivity index (χ0v) is 9.52. The van der Waals surface area contributed by atoms with E-state index in [0.717, 1.165) is 6.42 Å². The van der Waals surface area contributed by atoms with E-state index in [-0.39, 0.29) is 5.54 Å². The van der Waals surface area contributed by atoms with E-state index >= 15 is 0 Å². The first-order chi connectivity index (χ1) is 7.70. The van der Waals surface area contributed by atoms with Crippen LogP contribution in [0.25, 0.3) is 0 Å². The summed E-state index contributed by atoms with van der Waals surface area (Å²) in [6, 6.07) is 7.60. The zero-order chi connectivity index (χ0) is 11.2. The molecule has 0 aliphatic heterocycles. The van der Waals surface area contributed by atoms with Gasteiger partial charge in [-0.1, -0.05) is 25.0 Å². The van der Waals surface area contributed by atoms with Crippen molar-refractivity contribution in [1.29, 1.82) is 0 Å². The monoisotopic (exact) mass is 217 g/mol. The molecule has 2 heteroatoms. The summed E-state index contributed by atoms with van der Waals surface area (Å²) in [5.41, 5.74) is 7.75. The Morgan fingerprint density at radius 2 is 2.00 bits per heavy atom. The molecular weight excluding hydrogens is 198 g/mol. The van der Waals surface area contributed by atoms with E-state index in [9.17, 15) is 5.11 Å². The van der Waals surface area contributed by atoms with E-state index < -0.39 is 0 Å². The second-order valence-electron chi connectivity index (χ2n) is 5.45. The first-order valence-corrected chi connectivity index (χ1v) is 6.28. The number of hydrogen-bond donors (Lipinski definition) is 2. The maximum Gasteiger partial charge on any atom is 0.115 e. The molecule has 86 valence electrons. The maximum absolute atomic E-state index is 9.48. The van der Waals surface area contributed by atoms with Crippen molar-refractivity contribution in [3.63, 3.8) is 0 Å². The molecule has 1 aromatic carbocycles. The lowest BCUT2D eigenvalue weighted by molar-refractivity contribution is 0.404. The second kappa shape index (κ2) is 3.49. The van der Waals surface area contributed by atoms with Crippen LogP contribution in [0.4, 0.5) is 0 Å². The van der Waals surface area contributed by atoms with Crippen LogP contribution in [0.2, 0.25) is 0 Å². The molecule has 0 heterocycles. The molecule has 3 N–H and O–H groups in total. The molecule has 16 heavy (non-hydrogen) atoms. The lowest BCUT2D eigenvalue weighted by atomic mass is 9.92. The lowest BCUT2D eigenvalue weighted by Crippen LogP contribution is -2.32. The molecule has 0 radical (unpaired) electrons. The van der Waals surface area contributed by atoms with Crippen LogP contribution in [0, 0.1) is 5.92 Å². The first kappa shape index (κ1) is 10.2. The van der Waals surface area contributed by atoms with Crippen LogP contribution in [0.15, 0.2) is 24.3 Å². The third kappa shape index (κ3) is 1.52. The largest absolute Gasteiger partial charge is 0.508 e. The molecule has 0 amide bonds. The minimum atomic E-state index is 0.0320. The van der Waals surface area contributed by atoms with Gasteiger partial charge in [0.15, 0.2) is 0 Å². The third-order valence-electron chi connectivity index (χ3n) is 4.43. The molecule has 1 aromatic rings. The molecule has 2 saturated carbocycles. The van der Waals surface area contributed by atoms with Gasteiger partial charge in [-0.3, -0.25) is 0 Å². The predicted octanol–water partition coefficient (Wildman–Crippen LogP) is 2.77. The molecule has 2 nitrogen and oxygen atoms in total. The quantitative estimate of drug-likeness (QED) is 0.800. The van der Waals surface area contributed by atoms with Gasteiger partial charge in [-0.25, -0.2) is 0 Å². The molecule has 2 aliphatic rings. The molecular formula is C14H19NO. The lowest BCUT2D eigenvalue weighted by Gasteiger charge is -2.19. The fourth-order valence-electron chi connectivity index (χ4n) is 3.38. The maximum atomic E-state index is 9.48. The van der Waals surface area contributed by atoms with Crippen molar-refractivity contribution in [2.75, 3.05) is 0 Å². The van der Waals surface area contributed by atoms with Gasteiger partial charge in [-0.15, -0.1) is 0 Å². The van der Waals surface area contributed by atoms with E-state index in [2.05, 4.69) is 6.07 Å². The van der Waals surface area contributed by atoms with Crippen molar-refractivity contribution in [2.45, 2.75) is 43.6 Å². The number of phenolic OH excluding ortho intramolecular Hbond substituents is 1. The summed E-state index contributed by atoms with van der Waals surface area (Å²) < 4.78 is 0. The van der Waals surface area contributed by atoms with Crippen molar-refractivity contribution in [3.8, 4) is 5.75 Å². The van der Waals surface area contributed by atoms with E-state index in [1.165, 1.54) is 31.2 Å². The van der Waals surface area contributed by atoms with Crippen molar-refractivity contribution in [3.05, 3.63) is 29.8 Å². The Hall–Kier alpha value is -1.02. The Morgan fingerprint density at radius 1 is 1.25 bits per heavy atom. The number of nitrogens with two attached hydrogens (primary N) is 1. The van der Waals surface area contributed by atoms with Crippen LogP contribution in [0.1, 0.15) is 43.6 Å². The number of benzene rings is 1. The Bertz CT molecular complexity index is 397. The molecule has 2 aliphatic carbocycles. The average molecular weight is 217 g/mol. The van der Waals surface area contributed by atoms with E-state index in [4.69, 9.17) is 5.73 Å². The molecule has 3 rings (SSSR count). The number of rotatable bonds is 2. The molecule has 2 fully saturated rings. The SMILES string of the molecule is NC1(C2CCCC2)CC1c1cccc(O)c1. The summed E-state index contributed by atoms with van der Waals surface area (Å²) >= 11 is 0. The van der Waals surface area contributed by atoms with Gasteiger partial charge in [0.05, 0.1) is 0 Å². The van der Waals surface area contributed by atoms with Crippen molar-refractivity contribution in [1.82, 2.24) is 0 Å². The highest BCUT2D eigenvalue weighted by Gasteiger charge is 2.56. The fourth-order valence-corrected chi connectivity index (χ4v) is 3.38. The smallest absolute Gasteiger partial charge is 0.115 e. The second-order valence-corrected chi connectivity index (χ2v) is 5.45. The van der Waals surface area contributed by atoms with Gasteiger partial charge in [0.2, 0.25) is 0 Å². The third-order valence-corrected chi connectivity index (χ3v) is 4.43. The standard InChI is InChI=1S/C14H19NO/c15-14(11-5-1-2-6-11)9-13(14)10-4-3-7-12(16)8-10/h3-4,7-8,11,13,16H,1-2,5-6,9,15H2. The van der Waals surface area contributed by atoms with Crippen LogP contribution in [-0.4, -0.2) is 10.6 Å². The van der Waals surface area contributed by atoms with E-state index in [1.54, 1.807) is 6.07 Å². The molecule has 2 atom stereocenters. The van der Waals surface area contributed by atoms with Gasteiger partial charge in [0.1, 0.15) is 5.75 Å². The minimum Gasteiger partial charge on any atom is -0.508 e. The minimum absolute atomic E-state index is 0.0320. The van der Waals surface area contributed by atoms with Crippen molar-refractivity contribution >= 4 is 0 Å². The summed E-state index contributed by atoms with van der Waals surface area (Å²) in [6.07, 6.45) is 6.38. The molecule has 0 spiro atoms. The molecule has 0 bridgehead atoms. The Morgan fingerprint density at radius 3 is 2.69 bits per heavy atom. The first-order valence-electron chi connectivity index (χ1n) is 6.28. The predicted molar refractivity (Wildman–Crippen MR) is 64.3 cm³/mol. The molecule has 0 saturated heterocycles. The van der Waals surface area contributed by atoms with Gasteiger partial charge in [0.25, 0.3) is 0 Å². The number of phenols is 1. The number of hydrogen-bond acceptors (Lipinski definition) is 2. The van der Waals surface area contributed by atoms with Gasteiger partial charge < -0.3 is 10.8 Å².